The van der Waals surface area contributed by atoms with E-state index in [1.54, 1.807) is 6.07 Å². The van der Waals surface area contributed by atoms with Crippen molar-refractivity contribution in [2.45, 2.75) is 49.7 Å². The zero-order valence-corrected chi connectivity index (χ0v) is 18.4. The molecule has 1 aromatic heterocycles. The molecule has 0 radical (unpaired) electrons. The molecule has 7 heteroatoms. The maximum absolute atomic E-state index is 13.6. The second-order valence-electron chi connectivity index (χ2n) is 8.35. The number of halogens is 3. The summed E-state index contributed by atoms with van der Waals surface area (Å²) in [5.74, 6) is -0.310. The Bertz CT molecular complexity index is 853. The maximum Gasteiger partial charge on any atom is 0.141 e. The van der Waals surface area contributed by atoms with Gasteiger partial charge in [-0.1, -0.05) is 35.3 Å². The van der Waals surface area contributed by atoms with Crippen LogP contribution in [0.5, 0.6) is 0 Å². The predicted octanol–water partition coefficient (Wildman–Crippen LogP) is 5.30. The number of hydrogen-bond acceptors (Lipinski definition) is 4. The normalized spacial score (nSPS) is 23.6. The van der Waals surface area contributed by atoms with Crippen LogP contribution in [0.1, 0.15) is 43.4 Å². The van der Waals surface area contributed by atoms with E-state index in [2.05, 4.69) is 10.3 Å². The Morgan fingerprint density at radius 2 is 1.90 bits per heavy atom. The molecular formula is C23H27Cl2FN2O2. The number of hydrogen-bond donors (Lipinski definition) is 1. The van der Waals surface area contributed by atoms with Gasteiger partial charge in [0.1, 0.15) is 5.82 Å². The molecule has 30 heavy (non-hydrogen) atoms. The highest BCUT2D eigenvalue weighted by molar-refractivity contribution is 6.42. The molecule has 0 saturated carbocycles. The van der Waals surface area contributed by atoms with Gasteiger partial charge < -0.3 is 14.8 Å². The van der Waals surface area contributed by atoms with Gasteiger partial charge in [0.05, 0.1) is 21.8 Å². The lowest BCUT2D eigenvalue weighted by atomic mass is 9.66. The van der Waals surface area contributed by atoms with Crippen LogP contribution in [0.3, 0.4) is 0 Å². The van der Waals surface area contributed by atoms with Crippen molar-refractivity contribution in [1.29, 1.82) is 0 Å². The van der Waals surface area contributed by atoms with Crippen LogP contribution in [0, 0.1) is 5.82 Å². The average molecular weight is 453 g/mol. The number of rotatable bonds is 6. The van der Waals surface area contributed by atoms with Crippen LogP contribution in [-0.2, 0) is 21.4 Å². The molecule has 1 spiro atoms. The van der Waals surface area contributed by atoms with Gasteiger partial charge in [0, 0.05) is 37.5 Å². The minimum atomic E-state index is -0.310. The van der Waals surface area contributed by atoms with Gasteiger partial charge in [0.15, 0.2) is 0 Å². The summed E-state index contributed by atoms with van der Waals surface area (Å²) < 4.78 is 25.4. The fraction of sp³-hybridized carbons (Fsp3) is 0.522. The number of nitrogens with zero attached hydrogens (tertiary/aromatic N) is 1. The van der Waals surface area contributed by atoms with Crippen molar-refractivity contribution in [3.8, 4) is 0 Å². The molecule has 4 rings (SSSR count). The molecule has 1 aromatic carbocycles. The predicted molar refractivity (Wildman–Crippen MR) is 117 cm³/mol. The fourth-order valence-electron chi connectivity index (χ4n) is 4.77. The molecule has 2 fully saturated rings. The number of aromatic nitrogens is 1. The summed E-state index contributed by atoms with van der Waals surface area (Å²) in [6.07, 6.45) is 5.73. The highest BCUT2D eigenvalue weighted by atomic mass is 35.5. The van der Waals surface area contributed by atoms with Gasteiger partial charge in [-0.25, -0.2) is 4.39 Å². The Kier molecular flexibility index (Phi) is 6.95. The summed E-state index contributed by atoms with van der Waals surface area (Å²) in [5.41, 5.74) is 1.59. The Hall–Kier alpha value is -1.24. The summed E-state index contributed by atoms with van der Waals surface area (Å²) in [4.78, 5) is 4.49. The molecule has 162 valence electrons. The van der Waals surface area contributed by atoms with E-state index in [0.717, 1.165) is 63.1 Å². The molecule has 0 aliphatic carbocycles. The average Bonchev–Trinajstić information content (AvgIpc) is 2.75. The van der Waals surface area contributed by atoms with E-state index in [9.17, 15) is 4.39 Å². The molecule has 3 heterocycles. The Labute approximate surface area is 187 Å². The van der Waals surface area contributed by atoms with Crippen LogP contribution in [0.4, 0.5) is 4.39 Å². The van der Waals surface area contributed by atoms with E-state index in [-0.39, 0.29) is 16.8 Å². The number of nitrogens with one attached hydrogen (secondary N) is 1. The quantitative estimate of drug-likeness (QED) is 0.603. The number of benzene rings is 1. The molecule has 0 amide bonds. The summed E-state index contributed by atoms with van der Waals surface area (Å²) in [7, 11) is 0. The van der Waals surface area contributed by atoms with Crippen LogP contribution in [-0.4, -0.2) is 37.0 Å². The second kappa shape index (κ2) is 9.49. The first-order chi connectivity index (χ1) is 14.5. The molecule has 4 nitrogen and oxygen atoms in total. The smallest absolute Gasteiger partial charge is 0.141 e. The van der Waals surface area contributed by atoms with Crippen LogP contribution in [0.2, 0.25) is 10.0 Å². The topological polar surface area (TPSA) is 43.4 Å². The molecular weight excluding hydrogens is 426 g/mol. The van der Waals surface area contributed by atoms with Crippen LogP contribution >= 0.6 is 23.2 Å². The van der Waals surface area contributed by atoms with Gasteiger partial charge in [0.25, 0.3) is 0 Å². The lowest BCUT2D eigenvalue weighted by Gasteiger charge is -2.49. The first kappa shape index (κ1) is 22.0. The van der Waals surface area contributed by atoms with Gasteiger partial charge in [0.2, 0.25) is 0 Å². The van der Waals surface area contributed by atoms with Crippen molar-refractivity contribution >= 4 is 23.2 Å². The van der Waals surface area contributed by atoms with E-state index < -0.39 is 0 Å². The van der Waals surface area contributed by atoms with Crippen molar-refractivity contribution < 1.29 is 13.9 Å². The van der Waals surface area contributed by atoms with E-state index in [1.165, 1.54) is 12.3 Å². The SMILES string of the molecule is Fc1ccc(C2(CCNCc3cccc(Cl)c3Cl)CCOC3(CCOCC3)C2)nc1. The number of pyridine rings is 1. The largest absolute Gasteiger partial charge is 0.381 e. The Morgan fingerprint density at radius 1 is 1.07 bits per heavy atom. The maximum atomic E-state index is 13.6. The van der Waals surface area contributed by atoms with Crippen LogP contribution in [0.25, 0.3) is 0 Å². The zero-order chi connectivity index (χ0) is 21.0. The van der Waals surface area contributed by atoms with Crippen LogP contribution < -0.4 is 5.32 Å². The standard InChI is InChI=1S/C23H27Cl2FN2O2/c24-19-3-1-2-17(21(19)25)14-27-10-6-22(20-5-4-18(26)15-28-20)7-13-30-23(16-22)8-11-29-12-9-23/h1-5,15,27H,6-14,16H2. The third-order valence-electron chi connectivity index (χ3n) is 6.45. The van der Waals surface area contributed by atoms with Crippen molar-refractivity contribution in [3.63, 3.8) is 0 Å². The Balaban J connectivity index is 1.49. The summed E-state index contributed by atoms with van der Waals surface area (Å²) in [5, 5.41) is 4.66. The van der Waals surface area contributed by atoms with Gasteiger partial charge in [-0.15, -0.1) is 0 Å². The first-order valence-corrected chi connectivity index (χ1v) is 11.3. The van der Waals surface area contributed by atoms with E-state index in [0.29, 0.717) is 23.2 Å². The highest BCUT2D eigenvalue weighted by Gasteiger charge is 2.47. The molecule has 2 aliphatic heterocycles. The zero-order valence-electron chi connectivity index (χ0n) is 16.9. The van der Waals surface area contributed by atoms with Gasteiger partial charge in [-0.3, -0.25) is 4.98 Å². The van der Waals surface area contributed by atoms with Gasteiger partial charge >= 0.3 is 0 Å². The van der Waals surface area contributed by atoms with Crippen LogP contribution in [0.15, 0.2) is 36.5 Å². The monoisotopic (exact) mass is 452 g/mol. The van der Waals surface area contributed by atoms with E-state index in [1.807, 2.05) is 18.2 Å². The summed E-state index contributed by atoms with van der Waals surface area (Å²) in [6, 6.07) is 9.02. The van der Waals surface area contributed by atoms with Crippen molar-refractivity contribution in [2.75, 3.05) is 26.4 Å². The first-order valence-electron chi connectivity index (χ1n) is 10.5. The fourth-order valence-corrected chi connectivity index (χ4v) is 5.16. The lowest BCUT2D eigenvalue weighted by molar-refractivity contribution is -0.154. The lowest BCUT2D eigenvalue weighted by Crippen LogP contribution is -2.51. The van der Waals surface area contributed by atoms with E-state index in [4.69, 9.17) is 32.7 Å². The van der Waals surface area contributed by atoms with Gasteiger partial charge in [-0.2, -0.15) is 0 Å². The van der Waals surface area contributed by atoms with E-state index >= 15 is 0 Å². The third-order valence-corrected chi connectivity index (χ3v) is 7.31. The summed E-state index contributed by atoms with van der Waals surface area (Å²) in [6.45, 7) is 3.55. The molecule has 1 unspecified atom stereocenters. The number of ether oxygens (including phenoxy) is 2. The summed E-state index contributed by atoms with van der Waals surface area (Å²) >= 11 is 12.4. The van der Waals surface area contributed by atoms with Crippen molar-refractivity contribution in [3.05, 3.63) is 63.6 Å². The van der Waals surface area contributed by atoms with Crippen molar-refractivity contribution in [2.24, 2.45) is 0 Å². The second-order valence-corrected chi connectivity index (χ2v) is 9.14. The minimum absolute atomic E-state index is 0.158. The third kappa shape index (κ3) is 4.81. The Morgan fingerprint density at radius 3 is 2.67 bits per heavy atom. The van der Waals surface area contributed by atoms with Crippen molar-refractivity contribution in [1.82, 2.24) is 10.3 Å². The molecule has 2 saturated heterocycles. The molecule has 2 aliphatic rings. The minimum Gasteiger partial charge on any atom is -0.381 e. The highest BCUT2D eigenvalue weighted by Crippen LogP contribution is 2.47. The molecule has 1 N–H and O–H groups in total. The molecule has 1 atom stereocenters. The molecule has 0 bridgehead atoms. The van der Waals surface area contributed by atoms with Gasteiger partial charge in [-0.05, 0) is 62.4 Å². The molecule has 2 aromatic rings.